The molecule has 1 aliphatic rings. The van der Waals surface area contributed by atoms with E-state index in [9.17, 15) is 13.2 Å². The Hall–Kier alpha value is -1.54. The number of thioether (sulfide) groups is 1. The van der Waals surface area contributed by atoms with E-state index >= 15 is 0 Å². The summed E-state index contributed by atoms with van der Waals surface area (Å²) >= 11 is 1.47. The van der Waals surface area contributed by atoms with Gasteiger partial charge in [-0.15, -0.1) is 5.10 Å². The van der Waals surface area contributed by atoms with Crippen molar-refractivity contribution in [1.82, 2.24) is 0 Å². The van der Waals surface area contributed by atoms with Crippen molar-refractivity contribution in [3.05, 3.63) is 35.4 Å². The molecular formula is C15H18F3N3OS. The fraction of sp³-hybridized carbons (Fsp3) is 0.467. The summed E-state index contributed by atoms with van der Waals surface area (Å²) in [4.78, 5) is 0. The van der Waals surface area contributed by atoms with Crippen LogP contribution in [0.25, 0.3) is 0 Å². The van der Waals surface area contributed by atoms with Crippen LogP contribution in [0.1, 0.15) is 30.4 Å². The number of alkyl halides is 3. The molecule has 126 valence electrons. The molecule has 2 N–H and O–H groups in total. The molecule has 0 saturated carbocycles. The molecule has 8 heteroatoms. The quantitative estimate of drug-likeness (QED) is 0.765. The molecule has 2 rings (SSSR count). The number of hydrogen-bond donors (Lipinski definition) is 1. The average molecular weight is 345 g/mol. The van der Waals surface area contributed by atoms with Gasteiger partial charge < -0.3 is 10.5 Å². The summed E-state index contributed by atoms with van der Waals surface area (Å²) in [6.07, 6.45) is -1.77. The number of unbranched alkanes of at least 4 members (excludes halogenated alkanes) is 1. The summed E-state index contributed by atoms with van der Waals surface area (Å²) in [7, 11) is 0. The van der Waals surface area contributed by atoms with Crippen molar-refractivity contribution in [1.29, 1.82) is 0 Å². The molecule has 0 aliphatic carbocycles. The lowest BCUT2D eigenvalue weighted by Gasteiger charge is -2.10. The van der Waals surface area contributed by atoms with Crippen LogP contribution in [0.5, 0.6) is 0 Å². The lowest BCUT2D eigenvalue weighted by Crippen LogP contribution is -2.15. The summed E-state index contributed by atoms with van der Waals surface area (Å²) in [5, 5.41) is 8.32. The van der Waals surface area contributed by atoms with E-state index in [1.54, 1.807) is 6.07 Å². The highest BCUT2D eigenvalue weighted by molar-refractivity contribution is 8.14. The first kappa shape index (κ1) is 17.8. The maximum absolute atomic E-state index is 12.6. The van der Waals surface area contributed by atoms with E-state index in [1.807, 2.05) is 0 Å². The third-order valence-corrected chi connectivity index (χ3v) is 4.06. The zero-order valence-electron chi connectivity index (χ0n) is 12.5. The van der Waals surface area contributed by atoms with Crippen LogP contribution in [-0.2, 0) is 17.5 Å². The van der Waals surface area contributed by atoms with Crippen LogP contribution in [0.4, 0.5) is 13.2 Å². The normalized spacial score (nSPS) is 15.3. The standard InChI is InChI=1S/C15H18F3N3OS/c16-15(17,18)12-5-3-4-11(8-12)9-22-7-2-1-6-13-10-23-14(19)21-20-13/h3-5,8H,1-2,6-7,9-10H2,(H2,19,21). The van der Waals surface area contributed by atoms with Crippen LogP contribution in [0.15, 0.2) is 34.5 Å². The van der Waals surface area contributed by atoms with E-state index in [2.05, 4.69) is 10.2 Å². The van der Waals surface area contributed by atoms with Crippen molar-refractivity contribution >= 4 is 22.6 Å². The molecule has 1 heterocycles. The second kappa shape index (κ2) is 8.35. The summed E-state index contributed by atoms with van der Waals surface area (Å²) in [6, 6.07) is 5.20. The second-order valence-electron chi connectivity index (χ2n) is 5.10. The van der Waals surface area contributed by atoms with Crippen molar-refractivity contribution < 1.29 is 17.9 Å². The molecule has 0 unspecified atom stereocenters. The molecule has 1 aromatic rings. The van der Waals surface area contributed by atoms with Crippen molar-refractivity contribution in [2.75, 3.05) is 12.4 Å². The first-order valence-corrected chi connectivity index (χ1v) is 8.19. The number of nitrogens with two attached hydrogens (primary N) is 1. The fourth-order valence-electron chi connectivity index (χ4n) is 2.02. The van der Waals surface area contributed by atoms with Crippen LogP contribution in [0.3, 0.4) is 0 Å². The molecule has 0 aromatic heterocycles. The Morgan fingerprint density at radius 1 is 1.22 bits per heavy atom. The van der Waals surface area contributed by atoms with Gasteiger partial charge in [0.05, 0.1) is 17.9 Å². The van der Waals surface area contributed by atoms with Gasteiger partial charge in [-0.1, -0.05) is 23.9 Å². The minimum Gasteiger partial charge on any atom is -0.377 e. The SMILES string of the molecule is NC1=NN=C(CCCCOCc2cccc(C(F)(F)F)c2)CS1. The third-order valence-electron chi connectivity index (χ3n) is 3.20. The topological polar surface area (TPSA) is 60.0 Å². The summed E-state index contributed by atoms with van der Waals surface area (Å²) in [5.41, 5.74) is 6.38. The van der Waals surface area contributed by atoms with Crippen LogP contribution >= 0.6 is 11.8 Å². The van der Waals surface area contributed by atoms with E-state index in [-0.39, 0.29) is 6.61 Å². The number of nitrogens with zero attached hydrogens (tertiary/aromatic N) is 2. The molecule has 0 spiro atoms. The van der Waals surface area contributed by atoms with Gasteiger partial charge in [-0.3, -0.25) is 0 Å². The molecule has 4 nitrogen and oxygen atoms in total. The highest BCUT2D eigenvalue weighted by Crippen LogP contribution is 2.29. The number of rotatable bonds is 7. The number of ether oxygens (including phenoxy) is 1. The average Bonchev–Trinajstić information content (AvgIpc) is 2.52. The van der Waals surface area contributed by atoms with E-state index in [1.165, 1.54) is 17.8 Å². The van der Waals surface area contributed by atoms with Crippen LogP contribution in [-0.4, -0.2) is 23.2 Å². The predicted octanol–water partition coefficient (Wildman–Crippen LogP) is 3.81. The van der Waals surface area contributed by atoms with Gasteiger partial charge in [0, 0.05) is 12.4 Å². The Kier molecular flexibility index (Phi) is 6.47. The summed E-state index contributed by atoms with van der Waals surface area (Å²) < 4.78 is 43.2. The molecule has 1 aliphatic heterocycles. The number of benzene rings is 1. The van der Waals surface area contributed by atoms with E-state index in [4.69, 9.17) is 10.5 Å². The summed E-state index contributed by atoms with van der Waals surface area (Å²) in [6.45, 7) is 0.684. The van der Waals surface area contributed by atoms with Crippen molar-refractivity contribution in [3.8, 4) is 0 Å². The minimum absolute atomic E-state index is 0.182. The Bertz CT molecular complexity index is 588. The van der Waals surface area contributed by atoms with Gasteiger partial charge in [-0.2, -0.15) is 18.3 Å². The van der Waals surface area contributed by atoms with E-state index in [0.29, 0.717) is 17.3 Å². The van der Waals surface area contributed by atoms with E-state index in [0.717, 1.165) is 42.9 Å². The van der Waals surface area contributed by atoms with Gasteiger partial charge in [-0.25, -0.2) is 0 Å². The molecule has 0 fully saturated rings. The molecule has 1 aromatic carbocycles. The van der Waals surface area contributed by atoms with Crippen molar-refractivity contribution in [3.63, 3.8) is 0 Å². The fourth-order valence-corrected chi connectivity index (χ4v) is 2.63. The predicted molar refractivity (Wildman–Crippen MR) is 86.5 cm³/mol. The Labute approximate surface area is 137 Å². The van der Waals surface area contributed by atoms with E-state index < -0.39 is 11.7 Å². The largest absolute Gasteiger partial charge is 0.416 e. The summed E-state index contributed by atoms with van der Waals surface area (Å²) in [5.74, 6) is 0.764. The van der Waals surface area contributed by atoms with Crippen LogP contribution in [0, 0.1) is 0 Å². The maximum Gasteiger partial charge on any atom is 0.416 e. The highest BCUT2D eigenvalue weighted by Gasteiger charge is 2.30. The zero-order chi connectivity index (χ0) is 16.7. The van der Waals surface area contributed by atoms with Gasteiger partial charge in [-0.05, 0) is 37.0 Å². The number of amidine groups is 1. The second-order valence-corrected chi connectivity index (χ2v) is 6.10. The highest BCUT2D eigenvalue weighted by atomic mass is 32.2. The van der Waals surface area contributed by atoms with Gasteiger partial charge >= 0.3 is 6.18 Å². The molecule has 0 amide bonds. The minimum atomic E-state index is -4.32. The number of hydrogen-bond acceptors (Lipinski definition) is 5. The van der Waals surface area contributed by atoms with Gasteiger partial charge in [0.1, 0.15) is 0 Å². The third kappa shape index (κ3) is 6.23. The Balaban J connectivity index is 1.64. The molecule has 23 heavy (non-hydrogen) atoms. The van der Waals surface area contributed by atoms with Gasteiger partial charge in [0.25, 0.3) is 0 Å². The van der Waals surface area contributed by atoms with Gasteiger partial charge in [0.15, 0.2) is 5.17 Å². The maximum atomic E-state index is 12.6. The molecule has 0 radical (unpaired) electrons. The molecule has 0 bridgehead atoms. The molecule has 0 saturated heterocycles. The monoisotopic (exact) mass is 345 g/mol. The van der Waals surface area contributed by atoms with Crippen molar-refractivity contribution in [2.24, 2.45) is 15.9 Å². The first-order valence-electron chi connectivity index (χ1n) is 7.21. The first-order chi connectivity index (χ1) is 10.9. The molecule has 0 atom stereocenters. The van der Waals surface area contributed by atoms with Crippen molar-refractivity contribution in [2.45, 2.75) is 32.0 Å². The lowest BCUT2D eigenvalue weighted by molar-refractivity contribution is -0.137. The molecular weight excluding hydrogens is 327 g/mol. The van der Waals surface area contributed by atoms with Crippen LogP contribution < -0.4 is 5.73 Å². The Morgan fingerprint density at radius 2 is 2.04 bits per heavy atom. The lowest BCUT2D eigenvalue weighted by atomic mass is 10.1. The zero-order valence-corrected chi connectivity index (χ0v) is 13.3. The Morgan fingerprint density at radius 3 is 2.74 bits per heavy atom. The van der Waals surface area contributed by atoms with Crippen LogP contribution in [0.2, 0.25) is 0 Å². The number of halogens is 3. The van der Waals surface area contributed by atoms with Gasteiger partial charge in [0.2, 0.25) is 0 Å². The smallest absolute Gasteiger partial charge is 0.377 e.